The normalized spacial score (nSPS) is 10.8. The van der Waals surface area contributed by atoms with Gasteiger partial charge in [0.2, 0.25) is 5.91 Å². The van der Waals surface area contributed by atoms with Gasteiger partial charge in [0.15, 0.2) is 0 Å². The molecule has 0 fully saturated rings. The summed E-state index contributed by atoms with van der Waals surface area (Å²) in [7, 11) is 0. The van der Waals surface area contributed by atoms with Crippen molar-refractivity contribution in [2.24, 2.45) is 0 Å². The monoisotopic (exact) mass is 354 g/mol. The zero-order valence-electron chi connectivity index (χ0n) is 15.1. The number of carbonyl (C=O) groups excluding carboxylic acids is 1. The average molecular weight is 354 g/mol. The molecule has 1 aromatic heterocycles. The van der Waals surface area contributed by atoms with E-state index in [1.165, 1.54) is 0 Å². The van der Waals surface area contributed by atoms with Gasteiger partial charge >= 0.3 is 0 Å². The Morgan fingerprint density at radius 1 is 0.741 bits per heavy atom. The molecule has 0 atom stereocenters. The third kappa shape index (κ3) is 4.26. The maximum absolute atomic E-state index is 13.1. The van der Waals surface area contributed by atoms with Gasteiger partial charge in [0.1, 0.15) is 0 Å². The highest BCUT2D eigenvalue weighted by Gasteiger charge is 2.15. The molecule has 0 unspecified atom stereocenters. The SMILES string of the molecule is O=C(Cc1ccc2cc[nH]c2c1)N(Cc1ccccc1)Cc1ccccc1. The first-order valence-corrected chi connectivity index (χ1v) is 9.19. The predicted octanol–water partition coefficient (Wildman–Crippen LogP) is 4.94. The molecule has 0 bridgehead atoms. The van der Waals surface area contributed by atoms with Crippen molar-refractivity contribution in [3.63, 3.8) is 0 Å². The van der Waals surface area contributed by atoms with Gasteiger partial charge in [0.05, 0.1) is 6.42 Å². The number of nitrogens with one attached hydrogen (secondary N) is 1. The van der Waals surface area contributed by atoms with Crippen molar-refractivity contribution >= 4 is 16.8 Å². The zero-order chi connectivity index (χ0) is 18.5. The van der Waals surface area contributed by atoms with Crippen LogP contribution in [-0.2, 0) is 24.3 Å². The molecule has 4 rings (SSSR count). The lowest BCUT2D eigenvalue weighted by atomic mass is 10.1. The van der Waals surface area contributed by atoms with Crippen molar-refractivity contribution in [1.82, 2.24) is 9.88 Å². The van der Waals surface area contributed by atoms with Gasteiger partial charge in [0.25, 0.3) is 0 Å². The van der Waals surface area contributed by atoms with Crippen molar-refractivity contribution < 1.29 is 4.79 Å². The minimum atomic E-state index is 0.133. The highest BCUT2D eigenvalue weighted by molar-refractivity contribution is 5.83. The van der Waals surface area contributed by atoms with E-state index in [4.69, 9.17) is 0 Å². The van der Waals surface area contributed by atoms with Gasteiger partial charge < -0.3 is 9.88 Å². The molecule has 0 aliphatic carbocycles. The Hall–Kier alpha value is -3.33. The molecular weight excluding hydrogens is 332 g/mol. The number of amides is 1. The van der Waals surface area contributed by atoms with Crippen LogP contribution >= 0.6 is 0 Å². The molecule has 1 amide bonds. The Labute approximate surface area is 159 Å². The summed E-state index contributed by atoms with van der Waals surface area (Å²) in [6.45, 7) is 1.22. The standard InChI is InChI=1S/C24H22N2O/c27-24(16-21-11-12-22-13-14-25-23(22)15-21)26(17-19-7-3-1-4-8-19)18-20-9-5-2-6-10-20/h1-15,25H,16-18H2. The fourth-order valence-corrected chi connectivity index (χ4v) is 3.33. The van der Waals surface area contributed by atoms with Crippen molar-refractivity contribution in [2.75, 3.05) is 0 Å². The van der Waals surface area contributed by atoms with E-state index in [0.29, 0.717) is 19.5 Å². The quantitative estimate of drug-likeness (QED) is 0.523. The average Bonchev–Trinajstić information content (AvgIpc) is 3.17. The lowest BCUT2D eigenvalue weighted by Crippen LogP contribution is -2.31. The zero-order valence-corrected chi connectivity index (χ0v) is 15.1. The third-order valence-electron chi connectivity index (χ3n) is 4.76. The van der Waals surface area contributed by atoms with Crippen LogP contribution in [0.4, 0.5) is 0 Å². The number of rotatable bonds is 6. The van der Waals surface area contributed by atoms with Gasteiger partial charge in [-0.25, -0.2) is 0 Å². The van der Waals surface area contributed by atoms with Gasteiger partial charge in [-0.2, -0.15) is 0 Å². The number of nitrogens with zero attached hydrogens (tertiary/aromatic N) is 1. The Balaban J connectivity index is 1.55. The van der Waals surface area contributed by atoms with Gasteiger partial charge in [-0.3, -0.25) is 4.79 Å². The number of aromatic amines is 1. The maximum atomic E-state index is 13.1. The molecule has 0 saturated carbocycles. The maximum Gasteiger partial charge on any atom is 0.227 e. The number of hydrogen-bond donors (Lipinski definition) is 1. The fourth-order valence-electron chi connectivity index (χ4n) is 3.33. The van der Waals surface area contributed by atoms with Crippen LogP contribution in [-0.4, -0.2) is 15.8 Å². The van der Waals surface area contributed by atoms with Crippen molar-refractivity contribution in [1.29, 1.82) is 0 Å². The topological polar surface area (TPSA) is 36.1 Å². The molecule has 3 nitrogen and oxygen atoms in total. The van der Waals surface area contributed by atoms with Crippen LogP contribution in [0.3, 0.4) is 0 Å². The van der Waals surface area contributed by atoms with E-state index in [9.17, 15) is 4.79 Å². The van der Waals surface area contributed by atoms with Gasteiger partial charge in [-0.1, -0.05) is 72.8 Å². The second kappa shape index (κ2) is 7.92. The van der Waals surface area contributed by atoms with Crippen LogP contribution in [0.1, 0.15) is 16.7 Å². The van der Waals surface area contributed by atoms with E-state index < -0.39 is 0 Å². The Kier molecular flexibility index (Phi) is 5.01. The molecule has 3 heteroatoms. The van der Waals surface area contributed by atoms with E-state index in [0.717, 1.165) is 27.6 Å². The summed E-state index contributed by atoms with van der Waals surface area (Å²) in [5.41, 5.74) is 4.38. The fraction of sp³-hybridized carbons (Fsp3) is 0.125. The molecular formula is C24H22N2O. The molecule has 134 valence electrons. The van der Waals surface area contributed by atoms with E-state index in [1.54, 1.807) is 0 Å². The van der Waals surface area contributed by atoms with E-state index in [2.05, 4.69) is 41.4 Å². The molecule has 3 aromatic carbocycles. The lowest BCUT2D eigenvalue weighted by molar-refractivity contribution is -0.131. The molecule has 27 heavy (non-hydrogen) atoms. The molecule has 0 aliphatic heterocycles. The van der Waals surface area contributed by atoms with Crippen LogP contribution < -0.4 is 0 Å². The Bertz CT molecular complexity index is 980. The van der Waals surface area contributed by atoms with Crippen LogP contribution in [0.2, 0.25) is 0 Å². The van der Waals surface area contributed by atoms with Crippen LogP contribution in [0.15, 0.2) is 91.1 Å². The van der Waals surface area contributed by atoms with Crippen LogP contribution in [0.5, 0.6) is 0 Å². The first kappa shape index (κ1) is 17.1. The predicted molar refractivity (Wildman–Crippen MR) is 109 cm³/mol. The first-order chi connectivity index (χ1) is 13.3. The number of fused-ring (bicyclic) bond motifs is 1. The third-order valence-corrected chi connectivity index (χ3v) is 4.76. The highest BCUT2D eigenvalue weighted by Crippen LogP contribution is 2.17. The Morgan fingerprint density at radius 2 is 1.37 bits per heavy atom. The summed E-state index contributed by atoms with van der Waals surface area (Å²) in [6.07, 6.45) is 2.32. The summed E-state index contributed by atoms with van der Waals surface area (Å²) in [5.74, 6) is 0.133. The highest BCUT2D eigenvalue weighted by atomic mass is 16.2. The smallest absolute Gasteiger partial charge is 0.227 e. The summed E-state index contributed by atoms with van der Waals surface area (Å²) in [5, 5.41) is 1.16. The summed E-state index contributed by atoms with van der Waals surface area (Å²) in [6, 6.07) is 28.5. The van der Waals surface area contributed by atoms with Gasteiger partial charge in [0, 0.05) is 24.8 Å². The number of aromatic nitrogens is 1. The van der Waals surface area contributed by atoms with Crippen molar-refractivity contribution in [2.45, 2.75) is 19.5 Å². The first-order valence-electron chi connectivity index (χ1n) is 9.19. The van der Waals surface area contributed by atoms with E-state index in [-0.39, 0.29) is 5.91 Å². The second-order valence-electron chi connectivity index (χ2n) is 6.80. The Morgan fingerprint density at radius 3 is 2.00 bits per heavy atom. The molecule has 0 aliphatic rings. The lowest BCUT2D eigenvalue weighted by Gasteiger charge is -2.23. The second-order valence-corrected chi connectivity index (χ2v) is 6.80. The minimum absolute atomic E-state index is 0.133. The van der Waals surface area contributed by atoms with Crippen LogP contribution in [0.25, 0.3) is 10.9 Å². The number of benzene rings is 3. The summed E-state index contributed by atoms with van der Waals surface area (Å²) in [4.78, 5) is 18.3. The van der Waals surface area contributed by atoms with Gasteiger partial charge in [-0.15, -0.1) is 0 Å². The van der Waals surface area contributed by atoms with Crippen LogP contribution in [0, 0.1) is 0 Å². The molecule has 1 heterocycles. The number of H-pyrrole nitrogens is 1. The van der Waals surface area contributed by atoms with E-state index in [1.807, 2.05) is 59.6 Å². The molecule has 1 N–H and O–H groups in total. The number of hydrogen-bond acceptors (Lipinski definition) is 1. The summed E-state index contributed by atoms with van der Waals surface area (Å²) >= 11 is 0. The minimum Gasteiger partial charge on any atom is -0.361 e. The van der Waals surface area contributed by atoms with Crippen molar-refractivity contribution in [3.8, 4) is 0 Å². The number of carbonyl (C=O) groups is 1. The molecule has 0 radical (unpaired) electrons. The van der Waals surface area contributed by atoms with E-state index >= 15 is 0 Å². The molecule has 0 spiro atoms. The van der Waals surface area contributed by atoms with Crippen molar-refractivity contribution in [3.05, 3.63) is 108 Å². The summed E-state index contributed by atoms with van der Waals surface area (Å²) < 4.78 is 0. The molecule has 4 aromatic rings. The molecule has 0 saturated heterocycles. The van der Waals surface area contributed by atoms with Gasteiger partial charge in [-0.05, 0) is 34.2 Å². The largest absolute Gasteiger partial charge is 0.361 e.